The molecule has 1 fully saturated rings. The van der Waals surface area contributed by atoms with Crippen LogP contribution in [0.2, 0.25) is 0 Å². The standard InChI is InChI=1S/C29H31NO7/c1-30-13-12-21(24(33)17-30)27-25(35-2)16-26(36-3)28(29(27)34)23(32)15-22(31)18-8-7-11-20(14-18)37-19-9-5-4-6-10-19/h4-11,14,16,21,24,33-34H,12-13,15,17H2,1-3H3. The Morgan fingerprint density at radius 1 is 0.946 bits per heavy atom. The van der Waals surface area contributed by atoms with E-state index in [2.05, 4.69) is 0 Å². The number of aliphatic hydroxyl groups is 1. The van der Waals surface area contributed by atoms with E-state index in [-0.39, 0.29) is 17.1 Å². The van der Waals surface area contributed by atoms with E-state index >= 15 is 0 Å². The monoisotopic (exact) mass is 505 g/mol. The highest BCUT2D eigenvalue weighted by Gasteiger charge is 2.35. The van der Waals surface area contributed by atoms with Gasteiger partial charge < -0.3 is 29.3 Å². The molecule has 0 aromatic heterocycles. The molecule has 2 unspecified atom stereocenters. The maximum absolute atomic E-state index is 13.4. The number of aliphatic hydroxyl groups excluding tert-OH is 1. The summed E-state index contributed by atoms with van der Waals surface area (Å²) in [6.45, 7) is 1.13. The second kappa shape index (κ2) is 11.5. The lowest BCUT2D eigenvalue weighted by Crippen LogP contribution is -2.40. The van der Waals surface area contributed by atoms with Gasteiger partial charge in [0.05, 0.1) is 26.7 Å². The molecule has 0 amide bonds. The summed E-state index contributed by atoms with van der Waals surface area (Å²) in [5, 5.41) is 22.0. The van der Waals surface area contributed by atoms with Crippen molar-refractivity contribution in [2.75, 3.05) is 34.4 Å². The number of phenols is 1. The van der Waals surface area contributed by atoms with Crippen LogP contribution in [0, 0.1) is 0 Å². The van der Waals surface area contributed by atoms with Crippen LogP contribution in [0.25, 0.3) is 0 Å². The molecular weight excluding hydrogens is 474 g/mol. The van der Waals surface area contributed by atoms with Gasteiger partial charge in [-0.15, -0.1) is 0 Å². The molecule has 1 saturated heterocycles. The highest BCUT2D eigenvalue weighted by Crippen LogP contribution is 2.46. The molecule has 37 heavy (non-hydrogen) atoms. The summed E-state index contributed by atoms with van der Waals surface area (Å²) >= 11 is 0. The summed E-state index contributed by atoms with van der Waals surface area (Å²) in [5.41, 5.74) is 0.548. The number of piperidine rings is 1. The number of aromatic hydroxyl groups is 1. The Kier molecular flexibility index (Phi) is 8.11. The lowest BCUT2D eigenvalue weighted by atomic mass is 9.84. The molecule has 2 N–H and O–H groups in total. The predicted octanol–water partition coefficient (Wildman–Crippen LogP) is 4.44. The number of ketones is 2. The number of nitrogens with zero attached hydrogens (tertiary/aromatic N) is 1. The fourth-order valence-corrected chi connectivity index (χ4v) is 4.72. The number of benzene rings is 3. The molecule has 0 bridgehead atoms. The van der Waals surface area contributed by atoms with Crippen molar-refractivity contribution in [1.82, 2.24) is 4.90 Å². The number of rotatable bonds is 9. The Labute approximate surface area is 216 Å². The maximum atomic E-state index is 13.4. The van der Waals surface area contributed by atoms with Gasteiger partial charge in [0.1, 0.15) is 34.3 Å². The summed E-state index contributed by atoms with van der Waals surface area (Å²) in [5.74, 6) is -0.291. The van der Waals surface area contributed by atoms with Crippen molar-refractivity contribution in [3.8, 4) is 28.7 Å². The predicted molar refractivity (Wildman–Crippen MR) is 138 cm³/mol. The van der Waals surface area contributed by atoms with Gasteiger partial charge in [-0.3, -0.25) is 9.59 Å². The third-order valence-corrected chi connectivity index (χ3v) is 6.60. The average Bonchev–Trinajstić information content (AvgIpc) is 2.89. The molecule has 0 aliphatic carbocycles. The van der Waals surface area contributed by atoms with Crippen LogP contribution in [0.15, 0.2) is 60.7 Å². The van der Waals surface area contributed by atoms with Crippen molar-refractivity contribution in [3.05, 3.63) is 77.4 Å². The second-order valence-electron chi connectivity index (χ2n) is 9.11. The van der Waals surface area contributed by atoms with Gasteiger partial charge in [-0.05, 0) is 44.3 Å². The van der Waals surface area contributed by atoms with E-state index in [0.29, 0.717) is 47.9 Å². The number of likely N-dealkylation sites (tertiary alicyclic amines) is 1. The smallest absolute Gasteiger partial charge is 0.178 e. The minimum atomic E-state index is -0.760. The summed E-state index contributed by atoms with van der Waals surface area (Å²) in [7, 11) is 4.74. The number of methoxy groups -OCH3 is 2. The Balaban J connectivity index is 1.61. The zero-order chi connectivity index (χ0) is 26.5. The normalized spacial score (nSPS) is 17.7. The van der Waals surface area contributed by atoms with Crippen molar-refractivity contribution >= 4 is 11.6 Å². The molecular formula is C29H31NO7. The van der Waals surface area contributed by atoms with Gasteiger partial charge in [-0.1, -0.05) is 30.3 Å². The number of para-hydroxylation sites is 1. The number of hydrogen-bond acceptors (Lipinski definition) is 8. The molecule has 0 saturated carbocycles. The third-order valence-electron chi connectivity index (χ3n) is 6.60. The fourth-order valence-electron chi connectivity index (χ4n) is 4.72. The molecule has 3 aromatic carbocycles. The summed E-state index contributed by atoms with van der Waals surface area (Å²) in [6.07, 6.45) is -0.682. The first-order chi connectivity index (χ1) is 17.8. The van der Waals surface area contributed by atoms with Crippen molar-refractivity contribution in [2.45, 2.75) is 24.9 Å². The van der Waals surface area contributed by atoms with E-state index in [1.165, 1.54) is 20.3 Å². The zero-order valence-electron chi connectivity index (χ0n) is 21.1. The van der Waals surface area contributed by atoms with Crippen LogP contribution in [0.3, 0.4) is 0 Å². The zero-order valence-corrected chi connectivity index (χ0v) is 21.1. The van der Waals surface area contributed by atoms with Gasteiger partial charge in [0.15, 0.2) is 11.6 Å². The van der Waals surface area contributed by atoms with Gasteiger partial charge in [0, 0.05) is 29.7 Å². The maximum Gasteiger partial charge on any atom is 0.178 e. The highest BCUT2D eigenvalue weighted by atomic mass is 16.5. The summed E-state index contributed by atoms with van der Waals surface area (Å²) < 4.78 is 16.7. The molecule has 0 spiro atoms. The number of phenolic OH excluding ortho intramolecular Hbond substituents is 1. The number of hydrogen-bond donors (Lipinski definition) is 2. The summed E-state index contributed by atoms with van der Waals surface area (Å²) in [4.78, 5) is 28.4. The molecule has 1 aliphatic rings. The fraction of sp³-hybridized carbons (Fsp3) is 0.310. The van der Waals surface area contributed by atoms with Crippen molar-refractivity contribution in [1.29, 1.82) is 0 Å². The number of carbonyl (C=O) groups excluding carboxylic acids is 2. The number of likely N-dealkylation sites (N-methyl/N-ethyl adjacent to an activating group) is 1. The Morgan fingerprint density at radius 3 is 2.32 bits per heavy atom. The van der Waals surface area contributed by atoms with Crippen LogP contribution >= 0.6 is 0 Å². The van der Waals surface area contributed by atoms with Crippen LogP contribution in [0.1, 0.15) is 45.0 Å². The Hall–Kier alpha value is -3.88. The largest absolute Gasteiger partial charge is 0.507 e. The van der Waals surface area contributed by atoms with E-state index in [1.54, 1.807) is 36.4 Å². The van der Waals surface area contributed by atoms with Gasteiger partial charge >= 0.3 is 0 Å². The van der Waals surface area contributed by atoms with Gasteiger partial charge in [0.25, 0.3) is 0 Å². The quantitative estimate of drug-likeness (QED) is 0.325. The Bertz CT molecular complexity index is 1270. The lowest BCUT2D eigenvalue weighted by molar-refractivity contribution is 0.0618. The first-order valence-corrected chi connectivity index (χ1v) is 12.1. The van der Waals surface area contributed by atoms with E-state index in [9.17, 15) is 19.8 Å². The number of Topliss-reactive ketones (excluding diaryl/α,β-unsaturated/α-hetero) is 2. The molecule has 1 aliphatic heterocycles. The van der Waals surface area contributed by atoms with Crippen LogP contribution in [-0.2, 0) is 0 Å². The SMILES string of the molecule is COc1cc(OC)c(C2CCN(C)CC2O)c(O)c1C(=O)CC(=O)c1cccc(Oc2ccccc2)c1. The topological polar surface area (TPSA) is 106 Å². The van der Waals surface area contributed by atoms with Crippen LogP contribution in [-0.4, -0.2) is 67.1 Å². The molecule has 8 heteroatoms. The van der Waals surface area contributed by atoms with E-state index in [1.807, 2.05) is 30.1 Å². The van der Waals surface area contributed by atoms with Crippen LogP contribution in [0.4, 0.5) is 0 Å². The minimum absolute atomic E-state index is 0.0967. The van der Waals surface area contributed by atoms with Gasteiger partial charge in [-0.2, -0.15) is 0 Å². The molecule has 2 atom stereocenters. The van der Waals surface area contributed by atoms with Gasteiger partial charge in [-0.25, -0.2) is 0 Å². The average molecular weight is 506 g/mol. The van der Waals surface area contributed by atoms with Crippen molar-refractivity contribution in [2.24, 2.45) is 0 Å². The van der Waals surface area contributed by atoms with Crippen LogP contribution < -0.4 is 14.2 Å². The third kappa shape index (κ3) is 5.76. The van der Waals surface area contributed by atoms with E-state index in [0.717, 1.165) is 0 Å². The molecule has 8 nitrogen and oxygen atoms in total. The Morgan fingerprint density at radius 2 is 1.65 bits per heavy atom. The molecule has 4 rings (SSSR count). The second-order valence-corrected chi connectivity index (χ2v) is 9.11. The highest BCUT2D eigenvalue weighted by molar-refractivity contribution is 6.15. The molecule has 1 heterocycles. The lowest BCUT2D eigenvalue weighted by Gasteiger charge is -2.35. The van der Waals surface area contributed by atoms with E-state index in [4.69, 9.17) is 14.2 Å². The van der Waals surface area contributed by atoms with Crippen LogP contribution in [0.5, 0.6) is 28.7 Å². The van der Waals surface area contributed by atoms with E-state index < -0.39 is 30.0 Å². The van der Waals surface area contributed by atoms with Gasteiger partial charge in [0.2, 0.25) is 0 Å². The molecule has 194 valence electrons. The summed E-state index contributed by atoms with van der Waals surface area (Å²) in [6, 6.07) is 17.3. The number of ether oxygens (including phenoxy) is 3. The molecule has 3 aromatic rings. The minimum Gasteiger partial charge on any atom is -0.507 e. The van der Waals surface area contributed by atoms with Crippen molar-refractivity contribution < 1.29 is 34.0 Å². The number of carbonyl (C=O) groups is 2. The van der Waals surface area contributed by atoms with Crippen molar-refractivity contribution in [3.63, 3.8) is 0 Å². The number of β-amino-alcohol motifs (C(OH)–C–C–N with tert-alkyl or cyclic N) is 1. The first-order valence-electron chi connectivity index (χ1n) is 12.1. The molecule has 0 radical (unpaired) electrons. The first kappa shape index (κ1) is 26.2.